The van der Waals surface area contributed by atoms with Crippen LogP contribution in [0.25, 0.3) is 11.1 Å². The van der Waals surface area contributed by atoms with E-state index in [9.17, 15) is 9.18 Å². The number of aryl methyl sites for hydroxylation is 1. The first kappa shape index (κ1) is 16.8. The van der Waals surface area contributed by atoms with E-state index in [-0.39, 0.29) is 11.7 Å². The normalized spacial score (nSPS) is 11.8. The molecule has 1 N–H and O–H groups in total. The predicted octanol–water partition coefficient (Wildman–Crippen LogP) is 4.94. The molecule has 0 fully saturated rings. The summed E-state index contributed by atoms with van der Waals surface area (Å²) in [5.74, 6) is -1.17. The van der Waals surface area contributed by atoms with E-state index in [0.717, 1.165) is 16.8 Å². The summed E-state index contributed by atoms with van der Waals surface area (Å²) in [5, 5.41) is 2.84. The maximum Gasteiger partial charge on any atom is 0.231 e. The Kier molecular flexibility index (Phi) is 4.89. The van der Waals surface area contributed by atoms with Crippen LogP contribution in [-0.4, -0.2) is 10.9 Å². The van der Waals surface area contributed by atoms with Gasteiger partial charge in [-0.25, -0.2) is 4.39 Å². The second kappa shape index (κ2) is 7.26. The average Bonchev–Trinajstić information content (AvgIpc) is 2.62. The van der Waals surface area contributed by atoms with E-state index in [0.29, 0.717) is 11.3 Å². The van der Waals surface area contributed by atoms with Crippen molar-refractivity contribution >= 4 is 11.6 Å². The molecule has 1 heterocycles. The summed E-state index contributed by atoms with van der Waals surface area (Å²) in [6.45, 7) is 3.64. The number of hydrogen-bond acceptors (Lipinski definition) is 2. The predicted molar refractivity (Wildman–Crippen MR) is 97.9 cm³/mol. The van der Waals surface area contributed by atoms with Gasteiger partial charge in [0.2, 0.25) is 5.91 Å². The summed E-state index contributed by atoms with van der Waals surface area (Å²) >= 11 is 0. The van der Waals surface area contributed by atoms with Gasteiger partial charge in [-0.3, -0.25) is 9.78 Å². The lowest BCUT2D eigenvalue weighted by Gasteiger charge is -2.13. The summed E-state index contributed by atoms with van der Waals surface area (Å²) in [7, 11) is 0. The summed E-state index contributed by atoms with van der Waals surface area (Å²) in [4.78, 5) is 16.6. The summed E-state index contributed by atoms with van der Waals surface area (Å²) in [5.41, 5.74) is 4.15. The van der Waals surface area contributed by atoms with Gasteiger partial charge in [0, 0.05) is 17.6 Å². The maximum absolute atomic E-state index is 13.8. The van der Waals surface area contributed by atoms with Crippen LogP contribution in [-0.2, 0) is 4.79 Å². The van der Waals surface area contributed by atoms with Crippen LogP contribution in [0.2, 0.25) is 0 Å². The first-order valence-corrected chi connectivity index (χ1v) is 8.13. The number of halogens is 1. The molecule has 1 unspecified atom stereocenters. The second-order valence-corrected chi connectivity index (χ2v) is 6.00. The third-order valence-corrected chi connectivity index (χ3v) is 4.15. The van der Waals surface area contributed by atoms with Crippen LogP contribution in [0, 0.1) is 12.7 Å². The monoisotopic (exact) mass is 334 g/mol. The molecule has 0 aliphatic heterocycles. The summed E-state index contributed by atoms with van der Waals surface area (Å²) < 4.78 is 13.8. The lowest BCUT2D eigenvalue weighted by molar-refractivity contribution is -0.117. The fraction of sp³-hybridized carbons (Fsp3) is 0.143. The molecular formula is C21H19FN2O. The van der Waals surface area contributed by atoms with Gasteiger partial charge in [0.15, 0.2) is 0 Å². The zero-order valence-corrected chi connectivity index (χ0v) is 14.2. The lowest BCUT2D eigenvalue weighted by Crippen LogP contribution is -2.19. The van der Waals surface area contributed by atoms with Crippen LogP contribution in [0.15, 0.2) is 66.9 Å². The molecular weight excluding hydrogens is 315 g/mol. The molecule has 0 aliphatic rings. The Morgan fingerprint density at radius 2 is 1.76 bits per heavy atom. The van der Waals surface area contributed by atoms with E-state index in [2.05, 4.69) is 10.3 Å². The van der Waals surface area contributed by atoms with Crippen LogP contribution in [0.4, 0.5) is 10.1 Å². The number of carbonyl (C=O) groups excluding carboxylic acids is 1. The summed E-state index contributed by atoms with van der Waals surface area (Å²) in [6.07, 6.45) is 1.77. The molecule has 1 aromatic heterocycles. The molecule has 0 saturated heterocycles. The molecule has 25 heavy (non-hydrogen) atoms. The number of hydrogen-bond donors (Lipinski definition) is 1. The van der Waals surface area contributed by atoms with E-state index in [1.54, 1.807) is 31.3 Å². The molecule has 0 saturated carbocycles. The number of benzene rings is 2. The highest BCUT2D eigenvalue weighted by atomic mass is 19.1. The van der Waals surface area contributed by atoms with E-state index in [1.807, 2.05) is 43.3 Å². The minimum atomic E-state index is -0.566. The standard InChI is InChI=1S/C21H19FN2O/c1-14-13-17(11-12-23-14)16-7-9-18(10-8-16)24-21(25)15(2)19-5-3-4-6-20(19)22/h3-13,15H,1-2H3,(H,24,25). The van der Waals surface area contributed by atoms with Gasteiger partial charge in [0.1, 0.15) is 5.82 Å². The Labute approximate surface area is 146 Å². The number of anilines is 1. The summed E-state index contributed by atoms with van der Waals surface area (Å²) in [6, 6.07) is 17.9. The number of nitrogens with one attached hydrogen (secondary N) is 1. The quantitative estimate of drug-likeness (QED) is 0.734. The van der Waals surface area contributed by atoms with Gasteiger partial charge in [0.05, 0.1) is 5.92 Å². The number of aromatic nitrogens is 1. The number of carbonyl (C=O) groups is 1. The fourth-order valence-corrected chi connectivity index (χ4v) is 2.69. The van der Waals surface area contributed by atoms with E-state index in [4.69, 9.17) is 0 Å². The Bertz CT molecular complexity index is 890. The van der Waals surface area contributed by atoms with Crippen molar-refractivity contribution in [1.82, 2.24) is 4.98 Å². The van der Waals surface area contributed by atoms with Crippen molar-refractivity contribution in [3.05, 3.63) is 83.9 Å². The molecule has 1 atom stereocenters. The van der Waals surface area contributed by atoms with Gasteiger partial charge in [-0.15, -0.1) is 0 Å². The van der Waals surface area contributed by atoms with Gasteiger partial charge in [0.25, 0.3) is 0 Å². The van der Waals surface area contributed by atoms with Gasteiger partial charge in [-0.2, -0.15) is 0 Å². The van der Waals surface area contributed by atoms with Crippen molar-refractivity contribution in [3.63, 3.8) is 0 Å². The maximum atomic E-state index is 13.8. The first-order valence-electron chi connectivity index (χ1n) is 8.13. The van der Waals surface area contributed by atoms with Crippen LogP contribution >= 0.6 is 0 Å². The van der Waals surface area contributed by atoms with Crippen LogP contribution in [0.1, 0.15) is 24.1 Å². The topological polar surface area (TPSA) is 42.0 Å². The van der Waals surface area contributed by atoms with Crippen molar-refractivity contribution in [3.8, 4) is 11.1 Å². The van der Waals surface area contributed by atoms with Crippen molar-refractivity contribution < 1.29 is 9.18 Å². The number of amides is 1. The Hall–Kier alpha value is -3.01. The highest BCUT2D eigenvalue weighted by Crippen LogP contribution is 2.24. The van der Waals surface area contributed by atoms with Gasteiger partial charge in [-0.05, 0) is 60.9 Å². The van der Waals surface area contributed by atoms with Crippen molar-refractivity contribution in [2.45, 2.75) is 19.8 Å². The lowest BCUT2D eigenvalue weighted by atomic mass is 9.99. The average molecular weight is 334 g/mol. The number of rotatable bonds is 4. The van der Waals surface area contributed by atoms with Crippen LogP contribution < -0.4 is 5.32 Å². The van der Waals surface area contributed by atoms with Gasteiger partial charge < -0.3 is 5.32 Å². The Balaban J connectivity index is 1.73. The van der Waals surface area contributed by atoms with Crippen LogP contribution in [0.3, 0.4) is 0 Å². The number of nitrogens with zero attached hydrogens (tertiary/aromatic N) is 1. The Morgan fingerprint density at radius 3 is 2.44 bits per heavy atom. The molecule has 1 amide bonds. The van der Waals surface area contributed by atoms with Crippen molar-refractivity contribution in [2.75, 3.05) is 5.32 Å². The minimum absolute atomic E-state index is 0.238. The van der Waals surface area contributed by atoms with E-state index < -0.39 is 5.92 Å². The zero-order chi connectivity index (χ0) is 17.8. The largest absolute Gasteiger partial charge is 0.326 e. The number of pyridine rings is 1. The molecule has 126 valence electrons. The smallest absolute Gasteiger partial charge is 0.231 e. The highest BCUT2D eigenvalue weighted by Gasteiger charge is 2.18. The first-order chi connectivity index (χ1) is 12.0. The molecule has 3 nitrogen and oxygen atoms in total. The molecule has 0 spiro atoms. The molecule has 0 bridgehead atoms. The third-order valence-electron chi connectivity index (χ3n) is 4.15. The van der Waals surface area contributed by atoms with Gasteiger partial charge in [-0.1, -0.05) is 30.3 Å². The Morgan fingerprint density at radius 1 is 1.04 bits per heavy atom. The van der Waals surface area contributed by atoms with E-state index in [1.165, 1.54) is 6.07 Å². The molecule has 0 radical (unpaired) electrons. The van der Waals surface area contributed by atoms with Crippen LogP contribution in [0.5, 0.6) is 0 Å². The third kappa shape index (κ3) is 3.91. The SMILES string of the molecule is Cc1cc(-c2ccc(NC(=O)C(C)c3ccccc3F)cc2)ccn1. The molecule has 3 rings (SSSR count). The molecule has 2 aromatic carbocycles. The molecule has 3 aromatic rings. The molecule has 4 heteroatoms. The van der Waals surface area contributed by atoms with Crippen molar-refractivity contribution in [2.24, 2.45) is 0 Å². The second-order valence-electron chi connectivity index (χ2n) is 6.00. The van der Waals surface area contributed by atoms with Gasteiger partial charge >= 0.3 is 0 Å². The van der Waals surface area contributed by atoms with E-state index >= 15 is 0 Å². The fourth-order valence-electron chi connectivity index (χ4n) is 2.69. The highest BCUT2D eigenvalue weighted by molar-refractivity contribution is 5.95. The zero-order valence-electron chi connectivity index (χ0n) is 14.2. The van der Waals surface area contributed by atoms with Crippen molar-refractivity contribution in [1.29, 1.82) is 0 Å². The molecule has 0 aliphatic carbocycles. The minimum Gasteiger partial charge on any atom is -0.326 e.